The third kappa shape index (κ3) is 2.04. The fourth-order valence-electron chi connectivity index (χ4n) is 3.41. The van der Waals surface area contributed by atoms with E-state index < -0.39 is 0 Å². The van der Waals surface area contributed by atoms with Crippen LogP contribution < -0.4 is 5.43 Å². The van der Waals surface area contributed by atoms with Gasteiger partial charge >= 0.3 is 0 Å². The van der Waals surface area contributed by atoms with E-state index in [2.05, 4.69) is 6.07 Å². The number of ketones is 1. The highest BCUT2D eigenvalue weighted by molar-refractivity contribution is 6.05. The predicted octanol–water partition coefficient (Wildman–Crippen LogP) is 4.07. The first-order chi connectivity index (χ1) is 11.1. The molecule has 3 nitrogen and oxygen atoms in total. The normalized spacial score (nSPS) is 12.8. The molecule has 0 amide bonds. The first kappa shape index (κ1) is 13.9. The van der Waals surface area contributed by atoms with Gasteiger partial charge in [-0.15, -0.1) is 0 Å². The molecule has 0 saturated carbocycles. The van der Waals surface area contributed by atoms with E-state index in [-0.39, 0.29) is 11.2 Å². The van der Waals surface area contributed by atoms with Gasteiger partial charge in [-0.2, -0.15) is 0 Å². The van der Waals surface area contributed by atoms with E-state index in [9.17, 15) is 9.59 Å². The van der Waals surface area contributed by atoms with Gasteiger partial charge in [0.15, 0.2) is 11.2 Å². The molecule has 3 aromatic rings. The Hall–Kier alpha value is -2.68. The van der Waals surface area contributed by atoms with Crippen LogP contribution in [0.25, 0.3) is 22.3 Å². The smallest absolute Gasteiger partial charge is 0.196 e. The van der Waals surface area contributed by atoms with Crippen LogP contribution in [0.15, 0.2) is 45.6 Å². The van der Waals surface area contributed by atoms with E-state index in [4.69, 9.17) is 4.42 Å². The molecular formula is C20H16O3. The zero-order valence-corrected chi connectivity index (χ0v) is 13.1. The van der Waals surface area contributed by atoms with Crippen molar-refractivity contribution in [3.05, 3.63) is 68.9 Å². The molecule has 0 radical (unpaired) electrons. The number of carbonyl (C=O) groups is 1. The molecule has 0 N–H and O–H groups in total. The Balaban J connectivity index is 2.16. The topological polar surface area (TPSA) is 47.3 Å². The summed E-state index contributed by atoms with van der Waals surface area (Å²) in [5.41, 5.74) is 4.62. The third-order valence-electron chi connectivity index (χ3n) is 4.52. The van der Waals surface area contributed by atoms with Crippen molar-refractivity contribution < 1.29 is 9.21 Å². The summed E-state index contributed by atoms with van der Waals surface area (Å²) < 4.78 is 6.12. The Morgan fingerprint density at radius 1 is 1.13 bits per heavy atom. The number of carbonyl (C=O) groups excluding carboxylic acids is 1. The Labute approximate surface area is 133 Å². The van der Waals surface area contributed by atoms with Gasteiger partial charge in [-0.3, -0.25) is 9.59 Å². The summed E-state index contributed by atoms with van der Waals surface area (Å²) in [5, 5.41) is 0.508. The second-order valence-electron chi connectivity index (χ2n) is 6.14. The summed E-state index contributed by atoms with van der Waals surface area (Å²) in [7, 11) is 0. The molecular weight excluding hydrogens is 288 g/mol. The number of fused-ring (bicyclic) bond motifs is 4. The summed E-state index contributed by atoms with van der Waals surface area (Å²) in [4.78, 5) is 24.9. The molecule has 0 fully saturated rings. The predicted molar refractivity (Wildman–Crippen MR) is 90.1 cm³/mol. The van der Waals surface area contributed by atoms with Crippen molar-refractivity contribution in [2.75, 3.05) is 0 Å². The molecule has 0 bridgehead atoms. The van der Waals surface area contributed by atoms with E-state index in [1.54, 1.807) is 6.07 Å². The lowest BCUT2D eigenvalue weighted by molar-refractivity contribution is 0.101. The fourth-order valence-corrected chi connectivity index (χ4v) is 3.41. The molecule has 1 aromatic heterocycles. The molecule has 2 aromatic carbocycles. The van der Waals surface area contributed by atoms with E-state index in [1.807, 2.05) is 31.2 Å². The molecule has 1 heterocycles. The monoisotopic (exact) mass is 304 g/mol. The van der Waals surface area contributed by atoms with Gasteiger partial charge < -0.3 is 4.42 Å². The SMILES string of the molecule is CC(=O)c1cc(C)cc2c(=O)c3c(oc12)-c1ccccc1CC3. The van der Waals surface area contributed by atoms with Gasteiger partial charge in [0.25, 0.3) is 0 Å². The molecule has 1 aliphatic carbocycles. The van der Waals surface area contributed by atoms with Gasteiger partial charge in [-0.25, -0.2) is 0 Å². The van der Waals surface area contributed by atoms with Crippen LogP contribution in [0.3, 0.4) is 0 Å². The molecule has 0 spiro atoms. The number of hydrogen-bond acceptors (Lipinski definition) is 3. The van der Waals surface area contributed by atoms with Crippen molar-refractivity contribution >= 4 is 16.8 Å². The number of Topliss-reactive ketones (excluding diaryl/α,β-unsaturated/α-hetero) is 1. The molecule has 23 heavy (non-hydrogen) atoms. The summed E-state index contributed by atoms with van der Waals surface area (Å²) >= 11 is 0. The Morgan fingerprint density at radius 3 is 2.70 bits per heavy atom. The van der Waals surface area contributed by atoms with E-state index >= 15 is 0 Å². The summed E-state index contributed by atoms with van der Waals surface area (Å²) in [6.45, 7) is 3.39. The van der Waals surface area contributed by atoms with Crippen LogP contribution in [0.4, 0.5) is 0 Å². The Kier molecular flexibility index (Phi) is 2.98. The Bertz CT molecular complexity index is 1020. The third-order valence-corrected chi connectivity index (χ3v) is 4.52. The molecule has 114 valence electrons. The minimum absolute atomic E-state index is 0.0121. The average Bonchev–Trinajstić information content (AvgIpc) is 2.55. The zero-order valence-electron chi connectivity index (χ0n) is 13.1. The van der Waals surface area contributed by atoms with Crippen molar-refractivity contribution in [1.82, 2.24) is 0 Å². The maximum absolute atomic E-state index is 12.9. The highest BCUT2D eigenvalue weighted by Gasteiger charge is 2.24. The lowest BCUT2D eigenvalue weighted by atomic mass is 9.88. The van der Waals surface area contributed by atoms with Crippen molar-refractivity contribution in [3.8, 4) is 11.3 Å². The second-order valence-corrected chi connectivity index (χ2v) is 6.14. The number of benzene rings is 2. The van der Waals surface area contributed by atoms with E-state index in [1.165, 1.54) is 12.5 Å². The Morgan fingerprint density at radius 2 is 1.91 bits per heavy atom. The fraction of sp³-hybridized carbons (Fsp3) is 0.200. The van der Waals surface area contributed by atoms with Crippen LogP contribution in [0.2, 0.25) is 0 Å². The summed E-state index contributed by atoms with van der Waals surface area (Å²) in [6, 6.07) is 11.6. The maximum atomic E-state index is 12.9. The highest BCUT2D eigenvalue weighted by atomic mass is 16.3. The molecule has 3 heteroatoms. The van der Waals surface area contributed by atoms with Crippen molar-refractivity contribution in [3.63, 3.8) is 0 Å². The van der Waals surface area contributed by atoms with Crippen LogP contribution in [0.5, 0.6) is 0 Å². The average molecular weight is 304 g/mol. The lowest BCUT2D eigenvalue weighted by Crippen LogP contribution is -2.17. The van der Waals surface area contributed by atoms with Gasteiger partial charge in [0.2, 0.25) is 0 Å². The van der Waals surface area contributed by atoms with Crippen LogP contribution in [-0.2, 0) is 12.8 Å². The van der Waals surface area contributed by atoms with Gasteiger partial charge in [-0.05, 0) is 49.9 Å². The largest absolute Gasteiger partial charge is 0.455 e. The van der Waals surface area contributed by atoms with Crippen LogP contribution in [0, 0.1) is 6.92 Å². The van der Waals surface area contributed by atoms with Crippen molar-refractivity contribution in [2.45, 2.75) is 26.7 Å². The maximum Gasteiger partial charge on any atom is 0.196 e. The zero-order chi connectivity index (χ0) is 16.1. The molecule has 0 atom stereocenters. The minimum Gasteiger partial charge on any atom is -0.455 e. The van der Waals surface area contributed by atoms with Gasteiger partial charge in [0, 0.05) is 11.1 Å². The highest BCUT2D eigenvalue weighted by Crippen LogP contribution is 2.34. The molecule has 1 aliphatic rings. The molecule has 0 unspecified atom stereocenters. The van der Waals surface area contributed by atoms with Gasteiger partial charge in [0.05, 0.1) is 10.9 Å². The lowest BCUT2D eigenvalue weighted by Gasteiger charge is -2.19. The summed E-state index contributed by atoms with van der Waals surface area (Å²) in [5.74, 6) is 0.529. The molecule has 0 aliphatic heterocycles. The second kappa shape index (κ2) is 4.92. The number of hydrogen-bond donors (Lipinski definition) is 0. The van der Waals surface area contributed by atoms with Crippen molar-refractivity contribution in [1.29, 1.82) is 0 Å². The number of aryl methyl sites for hydroxylation is 2. The first-order valence-electron chi connectivity index (χ1n) is 7.76. The quantitative estimate of drug-likeness (QED) is 0.637. The molecule has 4 rings (SSSR count). The summed E-state index contributed by atoms with van der Waals surface area (Å²) in [6.07, 6.45) is 1.51. The van der Waals surface area contributed by atoms with Crippen LogP contribution >= 0.6 is 0 Å². The van der Waals surface area contributed by atoms with E-state index in [0.717, 1.165) is 23.1 Å². The van der Waals surface area contributed by atoms with Crippen molar-refractivity contribution in [2.24, 2.45) is 0 Å². The van der Waals surface area contributed by atoms with Gasteiger partial charge in [-0.1, -0.05) is 24.3 Å². The standard InChI is InChI=1S/C20H16O3/c1-11-9-16(12(2)21)20-17(10-11)18(22)15-8-7-13-5-3-4-6-14(13)19(15)23-20/h3-6,9-10H,7-8H2,1-2H3. The van der Waals surface area contributed by atoms with Crippen LogP contribution in [-0.4, -0.2) is 5.78 Å². The number of rotatable bonds is 1. The molecule has 0 saturated heterocycles. The van der Waals surface area contributed by atoms with Crippen LogP contribution in [0.1, 0.15) is 34.0 Å². The first-order valence-corrected chi connectivity index (χ1v) is 7.76. The van der Waals surface area contributed by atoms with Gasteiger partial charge in [0.1, 0.15) is 11.3 Å². The van der Waals surface area contributed by atoms with E-state index in [0.29, 0.717) is 28.7 Å². The minimum atomic E-state index is -0.0918.